The summed E-state index contributed by atoms with van der Waals surface area (Å²) in [6.07, 6.45) is 6.04. The minimum Gasteiger partial charge on any atom is -0.494 e. The number of rotatable bonds is 6. The Labute approximate surface area is 148 Å². The van der Waals surface area contributed by atoms with Gasteiger partial charge >= 0.3 is 0 Å². The van der Waals surface area contributed by atoms with E-state index < -0.39 is 11.9 Å². The van der Waals surface area contributed by atoms with Gasteiger partial charge in [0, 0.05) is 5.56 Å². The molecule has 1 aliphatic carbocycles. The summed E-state index contributed by atoms with van der Waals surface area (Å²) in [7, 11) is 0. The zero-order chi connectivity index (χ0) is 17.6. The van der Waals surface area contributed by atoms with Crippen LogP contribution in [0, 0.1) is 11.9 Å². The molecule has 1 heterocycles. The fraction of sp³-hybridized carbons (Fsp3) is 0.476. The molecular weight excluding hydrogens is 320 g/mol. The molecule has 134 valence electrons. The Bertz CT molecular complexity index is 679. The zero-order valence-corrected chi connectivity index (χ0v) is 14.7. The highest BCUT2D eigenvalue weighted by molar-refractivity contribution is 5.30. The van der Waals surface area contributed by atoms with Gasteiger partial charge in [0.15, 0.2) is 0 Å². The average molecular weight is 345 g/mol. The number of hydrogen-bond acceptors (Lipinski definition) is 2. The minimum atomic E-state index is -0.754. The van der Waals surface area contributed by atoms with E-state index >= 15 is 0 Å². The molecule has 0 unspecified atom stereocenters. The molecule has 1 aromatic heterocycles. The van der Waals surface area contributed by atoms with E-state index in [4.69, 9.17) is 4.74 Å². The molecule has 1 fully saturated rings. The first-order valence-electron chi connectivity index (χ1n) is 9.22. The van der Waals surface area contributed by atoms with E-state index in [1.54, 1.807) is 6.07 Å². The third kappa shape index (κ3) is 4.56. The van der Waals surface area contributed by atoms with Crippen LogP contribution in [0.15, 0.2) is 36.4 Å². The van der Waals surface area contributed by atoms with Crippen LogP contribution in [-0.4, -0.2) is 11.6 Å². The van der Waals surface area contributed by atoms with Crippen molar-refractivity contribution in [3.8, 4) is 5.75 Å². The van der Waals surface area contributed by atoms with Gasteiger partial charge in [-0.05, 0) is 73.8 Å². The number of benzene rings is 1. The second-order valence-corrected chi connectivity index (χ2v) is 6.83. The van der Waals surface area contributed by atoms with E-state index in [2.05, 4.69) is 24.0 Å². The molecule has 0 aliphatic heterocycles. The number of pyridine rings is 1. The number of hydrogen-bond donors (Lipinski definition) is 0. The molecule has 1 saturated carbocycles. The predicted molar refractivity (Wildman–Crippen MR) is 94.9 cm³/mol. The van der Waals surface area contributed by atoms with Gasteiger partial charge in [-0.25, -0.2) is 0 Å². The molecule has 0 amide bonds. The Morgan fingerprint density at radius 3 is 2.28 bits per heavy atom. The summed E-state index contributed by atoms with van der Waals surface area (Å²) in [5.74, 6) is 0.150. The van der Waals surface area contributed by atoms with Gasteiger partial charge in [0.25, 0.3) is 0 Å². The lowest BCUT2D eigenvalue weighted by Gasteiger charge is -2.29. The van der Waals surface area contributed by atoms with Crippen molar-refractivity contribution >= 4 is 0 Å². The minimum absolute atomic E-state index is 0.140. The number of unbranched alkanes of at least 4 members (excludes halogenated alkanes) is 1. The van der Waals surface area contributed by atoms with Crippen LogP contribution in [-0.2, 0) is 0 Å². The third-order valence-corrected chi connectivity index (χ3v) is 5.13. The van der Waals surface area contributed by atoms with Gasteiger partial charge in [-0.1, -0.05) is 25.5 Å². The quantitative estimate of drug-likeness (QED) is 0.474. The summed E-state index contributed by atoms with van der Waals surface area (Å²) < 4.78 is 32.5. The van der Waals surface area contributed by atoms with Crippen molar-refractivity contribution in [1.29, 1.82) is 0 Å². The molecule has 2 nitrogen and oxygen atoms in total. The molecule has 1 aromatic carbocycles. The van der Waals surface area contributed by atoms with Crippen LogP contribution in [0.3, 0.4) is 0 Å². The maximum absolute atomic E-state index is 13.9. The SMILES string of the molecule is CCCCOc1ccc(C2CCC(c3ccc(F)nc3F)CC2)cc1. The number of ether oxygens (including phenoxy) is 1. The van der Waals surface area contributed by atoms with Crippen LogP contribution >= 0.6 is 0 Å². The van der Waals surface area contributed by atoms with Gasteiger partial charge in [-0.15, -0.1) is 0 Å². The van der Waals surface area contributed by atoms with E-state index in [0.717, 1.165) is 50.9 Å². The first-order chi connectivity index (χ1) is 12.2. The fourth-order valence-corrected chi connectivity index (χ4v) is 3.64. The summed E-state index contributed by atoms with van der Waals surface area (Å²) in [5, 5.41) is 0. The second kappa shape index (κ2) is 8.41. The lowest BCUT2D eigenvalue weighted by Crippen LogP contribution is -2.14. The normalized spacial score (nSPS) is 20.4. The van der Waals surface area contributed by atoms with Crippen LogP contribution < -0.4 is 4.74 Å². The van der Waals surface area contributed by atoms with Gasteiger partial charge in [0.2, 0.25) is 11.9 Å². The predicted octanol–water partition coefficient (Wildman–Crippen LogP) is 5.98. The molecule has 3 rings (SSSR count). The van der Waals surface area contributed by atoms with Crippen LogP contribution in [0.1, 0.15) is 68.4 Å². The largest absolute Gasteiger partial charge is 0.494 e. The molecule has 0 bridgehead atoms. The van der Waals surface area contributed by atoms with E-state index in [9.17, 15) is 8.78 Å². The third-order valence-electron chi connectivity index (χ3n) is 5.13. The molecular formula is C21H25F2NO. The van der Waals surface area contributed by atoms with Crippen LogP contribution in [0.2, 0.25) is 0 Å². The van der Waals surface area contributed by atoms with Crippen molar-refractivity contribution in [3.05, 3.63) is 59.4 Å². The van der Waals surface area contributed by atoms with Crippen molar-refractivity contribution in [2.45, 2.75) is 57.3 Å². The highest BCUT2D eigenvalue weighted by Crippen LogP contribution is 2.41. The Kier molecular flexibility index (Phi) is 6.00. The first kappa shape index (κ1) is 17.8. The van der Waals surface area contributed by atoms with Crippen molar-refractivity contribution in [2.24, 2.45) is 0 Å². The summed E-state index contributed by atoms with van der Waals surface area (Å²) in [6.45, 7) is 2.91. The van der Waals surface area contributed by atoms with Gasteiger partial charge in [0.05, 0.1) is 6.61 Å². The lowest BCUT2D eigenvalue weighted by atomic mass is 9.76. The topological polar surface area (TPSA) is 22.1 Å². The van der Waals surface area contributed by atoms with E-state index in [1.807, 2.05) is 12.1 Å². The summed E-state index contributed by atoms with van der Waals surface area (Å²) in [6, 6.07) is 11.2. The molecule has 0 atom stereocenters. The molecule has 0 saturated heterocycles. The highest BCUT2D eigenvalue weighted by Gasteiger charge is 2.25. The average Bonchev–Trinajstić information content (AvgIpc) is 2.63. The highest BCUT2D eigenvalue weighted by atomic mass is 19.1. The molecule has 1 aliphatic rings. The first-order valence-corrected chi connectivity index (χ1v) is 9.22. The van der Waals surface area contributed by atoms with Gasteiger partial charge in [-0.3, -0.25) is 0 Å². The van der Waals surface area contributed by atoms with E-state index in [-0.39, 0.29) is 5.92 Å². The summed E-state index contributed by atoms with van der Waals surface area (Å²) >= 11 is 0. The van der Waals surface area contributed by atoms with E-state index in [1.165, 1.54) is 11.6 Å². The van der Waals surface area contributed by atoms with Crippen LogP contribution in [0.25, 0.3) is 0 Å². The van der Waals surface area contributed by atoms with Gasteiger partial charge < -0.3 is 4.74 Å². The Hall–Kier alpha value is -1.97. The molecule has 0 N–H and O–H groups in total. The van der Waals surface area contributed by atoms with Crippen molar-refractivity contribution in [3.63, 3.8) is 0 Å². The monoisotopic (exact) mass is 345 g/mol. The molecule has 2 aromatic rings. The van der Waals surface area contributed by atoms with Crippen LogP contribution in [0.5, 0.6) is 5.75 Å². The van der Waals surface area contributed by atoms with Crippen molar-refractivity contribution in [1.82, 2.24) is 4.98 Å². The van der Waals surface area contributed by atoms with E-state index in [0.29, 0.717) is 11.5 Å². The summed E-state index contributed by atoms with van der Waals surface area (Å²) in [4.78, 5) is 3.32. The Balaban J connectivity index is 1.56. The lowest BCUT2D eigenvalue weighted by molar-refractivity contribution is 0.309. The maximum atomic E-state index is 13.9. The molecule has 25 heavy (non-hydrogen) atoms. The smallest absolute Gasteiger partial charge is 0.218 e. The van der Waals surface area contributed by atoms with Crippen molar-refractivity contribution < 1.29 is 13.5 Å². The second-order valence-electron chi connectivity index (χ2n) is 6.83. The standard InChI is InChI=1S/C21H25F2NO/c1-2-3-14-25-18-10-8-16(9-11-18)15-4-6-17(7-5-15)19-12-13-20(22)24-21(19)23/h8-13,15,17H,2-7,14H2,1H3. The maximum Gasteiger partial charge on any atom is 0.218 e. The fourth-order valence-electron chi connectivity index (χ4n) is 3.64. The van der Waals surface area contributed by atoms with Gasteiger partial charge in [-0.2, -0.15) is 13.8 Å². The molecule has 0 radical (unpaired) electrons. The number of nitrogens with zero attached hydrogens (tertiary/aromatic N) is 1. The van der Waals surface area contributed by atoms with Crippen LogP contribution in [0.4, 0.5) is 8.78 Å². The molecule has 4 heteroatoms. The zero-order valence-electron chi connectivity index (χ0n) is 14.7. The Morgan fingerprint density at radius 1 is 0.960 bits per heavy atom. The number of halogens is 2. The van der Waals surface area contributed by atoms with Crippen molar-refractivity contribution in [2.75, 3.05) is 6.61 Å². The summed E-state index contributed by atoms with van der Waals surface area (Å²) in [5.41, 5.74) is 1.87. The molecule has 0 spiro atoms. The number of aromatic nitrogens is 1. The Morgan fingerprint density at radius 2 is 1.64 bits per heavy atom. The van der Waals surface area contributed by atoms with Gasteiger partial charge in [0.1, 0.15) is 5.75 Å².